The van der Waals surface area contributed by atoms with Gasteiger partial charge in [0.25, 0.3) is 0 Å². The molecule has 2 aromatic carbocycles. The monoisotopic (exact) mass is 360 g/mol. The fraction of sp³-hybridized carbons (Fsp3) is 0.167. The van der Waals surface area contributed by atoms with Crippen LogP contribution in [0.15, 0.2) is 42.5 Å². The molecule has 0 fully saturated rings. The van der Waals surface area contributed by atoms with E-state index in [2.05, 4.69) is 10.6 Å². The van der Waals surface area contributed by atoms with E-state index in [1.807, 2.05) is 0 Å². The van der Waals surface area contributed by atoms with E-state index in [0.717, 1.165) is 0 Å². The van der Waals surface area contributed by atoms with Gasteiger partial charge in [-0.15, -0.1) is 0 Å². The standard InChI is InChI=1S/C18H17ClN2O4/c1-3-25-18(24)12-7-9-13(10-8-12)20-16(22)17(23)21-15-6-4-5-14(19)11(15)2/h4-10H,3H2,1-2H3,(H,20,22)(H,21,23). The number of hydrogen-bond donors (Lipinski definition) is 2. The maximum absolute atomic E-state index is 12.0. The van der Waals surface area contributed by atoms with Crippen molar-refractivity contribution in [1.82, 2.24) is 0 Å². The average molecular weight is 361 g/mol. The lowest BCUT2D eigenvalue weighted by Crippen LogP contribution is -2.29. The van der Waals surface area contributed by atoms with Crippen LogP contribution in [-0.4, -0.2) is 24.4 Å². The number of halogens is 1. The predicted octanol–water partition coefficient (Wildman–Crippen LogP) is 3.40. The molecule has 7 heteroatoms. The fourth-order valence-corrected chi connectivity index (χ4v) is 2.19. The molecule has 2 aromatic rings. The highest BCUT2D eigenvalue weighted by molar-refractivity contribution is 6.44. The minimum atomic E-state index is -0.830. The summed E-state index contributed by atoms with van der Waals surface area (Å²) in [6, 6.07) is 11.1. The van der Waals surface area contributed by atoms with Crippen molar-refractivity contribution in [3.8, 4) is 0 Å². The summed E-state index contributed by atoms with van der Waals surface area (Å²) in [6.07, 6.45) is 0. The van der Waals surface area contributed by atoms with E-state index in [1.54, 1.807) is 32.0 Å². The molecule has 6 nitrogen and oxygen atoms in total. The van der Waals surface area contributed by atoms with Crippen LogP contribution in [0.1, 0.15) is 22.8 Å². The molecule has 0 saturated carbocycles. The van der Waals surface area contributed by atoms with Crippen molar-refractivity contribution in [2.24, 2.45) is 0 Å². The number of carbonyl (C=O) groups excluding carboxylic acids is 3. The molecule has 0 aliphatic heterocycles. The summed E-state index contributed by atoms with van der Waals surface area (Å²) in [7, 11) is 0. The summed E-state index contributed by atoms with van der Waals surface area (Å²) < 4.78 is 4.87. The lowest BCUT2D eigenvalue weighted by atomic mass is 10.2. The molecule has 2 rings (SSSR count). The molecule has 0 heterocycles. The summed E-state index contributed by atoms with van der Waals surface area (Å²) in [6.45, 7) is 3.73. The highest BCUT2D eigenvalue weighted by Crippen LogP contribution is 2.22. The first-order valence-corrected chi connectivity index (χ1v) is 7.94. The molecule has 0 radical (unpaired) electrons. The van der Waals surface area contributed by atoms with Crippen molar-refractivity contribution < 1.29 is 19.1 Å². The molecule has 0 bridgehead atoms. The van der Waals surface area contributed by atoms with E-state index in [9.17, 15) is 14.4 Å². The van der Waals surface area contributed by atoms with Gasteiger partial charge in [-0.1, -0.05) is 17.7 Å². The predicted molar refractivity (Wildman–Crippen MR) is 95.8 cm³/mol. The number of nitrogens with one attached hydrogen (secondary N) is 2. The molecule has 0 aliphatic rings. The van der Waals surface area contributed by atoms with Gasteiger partial charge in [-0.2, -0.15) is 0 Å². The Hall–Kier alpha value is -2.86. The zero-order chi connectivity index (χ0) is 18.4. The van der Waals surface area contributed by atoms with Crippen LogP contribution in [0.2, 0.25) is 5.02 Å². The van der Waals surface area contributed by atoms with Crippen LogP contribution in [-0.2, 0) is 14.3 Å². The van der Waals surface area contributed by atoms with Crippen LogP contribution in [0.4, 0.5) is 11.4 Å². The first-order valence-electron chi connectivity index (χ1n) is 7.57. The number of anilines is 2. The molecule has 0 saturated heterocycles. The Morgan fingerprint density at radius 3 is 2.28 bits per heavy atom. The first kappa shape index (κ1) is 18.5. The van der Waals surface area contributed by atoms with Crippen molar-refractivity contribution >= 4 is 40.8 Å². The normalized spacial score (nSPS) is 10.0. The number of rotatable bonds is 4. The molecule has 0 aliphatic carbocycles. The van der Waals surface area contributed by atoms with E-state index in [0.29, 0.717) is 27.5 Å². The molecule has 25 heavy (non-hydrogen) atoms. The highest BCUT2D eigenvalue weighted by Gasteiger charge is 2.16. The van der Waals surface area contributed by atoms with Crippen molar-refractivity contribution in [3.05, 3.63) is 58.6 Å². The Bertz CT molecular complexity index is 803. The Balaban J connectivity index is 2.00. The van der Waals surface area contributed by atoms with Gasteiger partial charge in [-0.3, -0.25) is 9.59 Å². The highest BCUT2D eigenvalue weighted by atomic mass is 35.5. The van der Waals surface area contributed by atoms with Gasteiger partial charge in [0.05, 0.1) is 12.2 Å². The summed E-state index contributed by atoms with van der Waals surface area (Å²) in [5.41, 5.74) is 1.88. The van der Waals surface area contributed by atoms with E-state index in [4.69, 9.17) is 16.3 Å². The third kappa shape index (κ3) is 4.81. The van der Waals surface area contributed by atoms with E-state index in [1.165, 1.54) is 24.3 Å². The van der Waals surface area contributed by atoms with Gasteiger partial charge in [-0.05, 0) is 55.8 Å². The van der Waals surface area contributed by atoms with E-state index >= 15 is 0 Å². The molecule has 0 aromatic heterocycles. The van der Waals surface area contributed by atoms with Gasteiger partial charge in [0, 0.05) is 16.4 Å². The van der Waals surface area contributed by atoms with Gasteiger partial charge in [0.15, 0.2) is 0 Å². The Morgan fingerprint density at radius 1 is 1.00 bits per heavy atom. The lowest BCUT2D eigenvalue weighted by Gasteiger charge is -2.10. The minimum Gasteiger partial charge on any atom is -0.462 e. The third-order valence-electron chi connectivity index (χ3n) is 3.38. The van der Waals surface area contributed by atoms with Gasteiger partial charge in [-0.25, -0.2) is 4.79 Å². The summed E-state index contributed by atoms with van der Waals surface area (Å²) in [4.78, 5) is 35.6. The van der Waals surface area contributed by atoms with Crippen LogP contribution in [0.3, 0.4) is 0 Å². The van der Waals surface area contributed by atoms with Crippen LogP contribution >= 0.6 is 11.6 Å². The van der Waals surface area contributed by atoms with Gasteiger partial charge in [0.2, 0.25) is 0 Å². The quantitative estimate of drug-likeness (QED) is 0.646. The number of amides is 2. The van der Waals surface area contributed by atoms with E-state index in [-0.39, 0.29) is 6.61 Å². The summed E-state index contributed by atoms with van der Waals surface area (Å²) in [5, 5.41) is 5.46. The molecular formula is C18H17ClN2O4. The molecular weight excluding hydrogens is 344 g/mol. The van der Waals surface area contributed by atoms with Gasteiger partial charge < -0.3 is 15.4 Å². The molecule has 2 N–H and O–H groups in total. The van der Waals surface area contributed by atoms with Crippen molar-refractivity contribution in [3.63, 3.8) is 0 Å². The second-order valence-electron chi connectivity index (χ2n) is 5.12. The van der Waals surface area contributed by atoms with Gasteiger partial charge >= 0.3 is 17.8 Å². The van der Waals surface area contributed by atoms with Crippen LogP contribution in [0, 0.1) is 6.92 Å². The van der Waals surface area contributed by atoms with Crippen molar-refractivity contribution in [1.29, 1.82) is 0 Å². The third-order valence-corrected chi connectivity index (χ3v) is 3.79. The van der Waals surface area contributed by atoms with Crippen molar-refractivity contribution in [2.45, 2.75) is 13.8 Å². The summed E-state index contributed by atoms with van der Waals surface area (Å²) >= 11 is 5.98. The molecule has 0 spiro atoms. The molecule has 130 valence electrons. The van der Waals surface area contributed by atoms with Gasteiger partial charge in [0.1, 0.15) is 0 Å². The largest absolute Gasteiger partial charge is 0.462 e. The lowest BCUT2D eigenvalue weighted by molar-refractivity contribution is -0.133. The Kier molecular flexibility index (Phi) is 6.14. The topological polar surface area (TPSA) is 84.5 Å². The number of carbonyl (C=O) groups is 3. The smallest absolute Gasteiger partial charge is 0.338 e. The van der Waals surface area contributed by atoms with Crippen LogP contribution in [0.25, 0.3) is 0 Å². The molecule has 2 amide bonds. The zero-order valence-electron chi connectivity index (χ0n) is 13.8. The molecule has 0 atom stereocenters. The summed E-state index contributed by atoms with van der Waals surface area (Å²) in [5.74, 6) is -2.10. The van der Waals surface area contributed by atoms with Crippen LogP contribution < -0.4 is 10.6 Å². The number of hydrogen-bond acceptors (Lipinski definition) is 4. The maximum atomic E-state index is 12.0. The second kappa shape index (κ2) is 8.30. The first-order chi connectivity index (χ1) is 11.9. The fourth-order valence-electron chi connectivity index (χ4n) is 2.01. The number of benzene rings is 2. The average Bonchev–Trinajstić information content (AvgIpc) is 2.59. The Morgan fingerprint density at radius 2 is 1.64 bits per heavy atom. The minimum absolute atomic E-state index is 0.278. The molecule has 0 unspecified atom stereocenters. The second-order valence-corrected chi connectivity index (χ2v) is 5.53. The number of esters is 1. The maximum Gasteiger partial charge on any atom is 0.338 e. The van der Waals surface area contributed by atoms with E-state index < -0.39 is 17.8 Å². The Labute approximate surface area is 150 Å². The van der Waals surface area contributed by atoms with Crippen LogP contribution in [0.5, 0.6) is 0 Å². The zero-order valence-corrected chi connectivity index (χ0v) is 14.5. The number of ether oxygens (including phenoxy) is 1. The van der Waals surface area contributed by atoms with Crippen molar-refractivity contribution in [2.75, 3.05) is 17.2 Å². The SMILES string of the molecule is CCOC(=O)c1ccc(NC(=O)C(=O)Nc2cccc(Cl)c2C)cc1.